The third-order valence-corrected chi connectivity index (χ3v) is 5.19. The molecule has 2 aromatic heterocycles. The highest BCUT2D eigenvalue weighted by atomic mass is 16.5. The second-order valence-corrected chi connectivity index (χ2v) is 7.12. The van der Waals surface area contributed by atoms with Crippen LogP contribution in [0, 0.1) is 0 Å². The van der Waals surface area contributed by atoms with Crippen molar-refractivity contribution in [2.45, 2.75) is 33.9 Å². The van der Waals surface area contributed by atoms with Gasteiger partial charge in [-0.15, -0.1) is 0 Å². The van der Waals surface area contributed by atoms with E-state index in [-0.39, 0.29) is 0 Å². The summed E-state index contributed by atoms with van der Waals surface area (Å²) in [6.45, 7) is 14.5. The van der Waals surface area contributed by atoms with Crippen LogP contribution >= 0.6 is 0 Å². The van der Waals surface area contributed by atoms with E-state index in [1.807, 2.05) is 12.3 Å². The number of aromatic nitrogens is 2. The number of hydrogen-bond donors (Lipinski definition) is 1. The number of nitrogens with one attached hydrogen (secondary N) is 1. The maximum atomic E-state index is 4.93. The van der Waals surface area contributed by atoms with Crippen molar-refractivity contribution < 1.29 is 4.52 Å². The quantitative estimate of drug-likeness (QED) is 0.539. The van der Waals surface area contributed by atoms with Gasteiger partial charge in [-0.1, -0.05) is 11.2 Å². The van der Waals surface area contributed by atoms with Gasteiger partial charge in [0.2, 0.25) is 0 Å². The third-order valence-electron chi connectivity index (χ3n) is 5.19. The molecule has 0 atom stereocenters. The standard InChI is InChI=1S/C21H33N7O/c1-4-22-21(24-16-18-7-8-20(23-15-18)27(5-2)6-3)28-12-10-26(11-13-28)17-19-9-14-29-25-19/h7-9,14-15H,4-6,10-13,16-17H2,1-3H3,(H,22,24). The summed E-state index contributed by atoms with van der Waals surface area (Å²) in [6.07, 6.45) is 3.57. The van der Waals surface area contributed by atoms with E-state index in [1.54, 1.807) is 6.26 Å². The van der Waals surface area contributed by atoms with Gasteiger partial charge in [-0.25, -0.2) is 9.98 Å². The Labute approximate surface area is 173 Å². The van der Waals surface area contributed by atoms with Gasteiger partial charge in [0.15, 0.2) is 5.96 Å². The first-order valence-corrected chi connectivity index (χ1v) is 10.6. The molecular formula is C21H33N7O. The molecule has 158 valence electrons. The molecule has 1 N–H and O–H groups in total. The summed E-state index contributed by atoms with van der Waals surface area (Å²) in [5, 5.41) is 7.44. The predicted molar refractivity (Wildman–Crippen MR) is 116 cm³/mol. The fraction of sp³-hybridized carbons (Fsp3) is 0.571. The lowest BCUT2D eigenvalue weighted by molar-refractivity contribution is 0.169. The van der Waals surface area contributed by atoms with Gasteiger partial charge in [-0.05, 0) is 32.4 Å². The first kappa shape index (κ1) is 21.1. The number of pyridine rings is 1. The molecule has 0 unspecified atom stereocenters. The minimum Gasteiger partial charge on any atom is -0.364 e. The van der Waals surface area contributed by atoms with Gasteiger partial charge < -0.3 is 19.6 Å². The molecule has 0 radical (unpaired) electrons. The van der Waals surface area contributed by atoms with Crippen molar-refractivity contribution in [2.24, 2.45) is 4.99 Å². The molecule has 0 spiro atoms. The van der Waals surface area contributed by atoms with E-state index in [1.165, 1.54) is 0 Å². The zero-order chi connectivity index (χ0) is 20.5. The van der Waals surface area contributed by atoms with Crippen molar-refractivity contribution in [3.05, 3.63) is 41.9 Å². The summed E-state index contributed by atoms with van der Waals surface area (Å²) in [5.41, 5.74) is 2.11. The molecule has 3 heterocycles. The summed E-state index contributed by atoms with van der Waals surface area (Å²) in [4.78, 5) is 16.4. The number of nitrogens with zero attached hydrogens (tertiary/aromatic N) is 6. The smallest absolute Gasteiger partial charge is 0.194 e. The first-order chi connectivity index (χ1) is 14.2. The van der Waals surface area contributed by atoms with Crippen LogP contribution in [0.5, 0.6) is 0 Å². The van der Waals surface area contributed by atoms with Crippen LogP contribution in [0.1, 0.15) is 32.0 Å². The normalized spacial score (nSPS) is 15.6. The molecule has 0 bridgehead atoms. The summed E-state index contributed by atoms with van der Waals surface area (Å²) in [6, 6.07) is 6.15. The molecule has 1 aliphatic rings. The summed E-state index contributed by atoms with van der Waals surface area (Å²) in [7, 11) is 0. The van der Waals surface area contributed by atoms with E-state index in [2.05, 4.69) is 63.1 Å². The molecule has 0 aromatic carbocycles. The van der Waals surface area contributed by atoms with Crippen LogP contribution in [0.3, 0.4) is 0 Å². The van der Waals surface area contributed by atoms with E-state index >= 15 is 0 Å². The van der Waals surface area contributed by atoms with Gasteiger partial charge in [-0.3, -0.25) is 4.90 Å². The van der Waals surface area contributed by atoms with E-state index < -0.39 is 0 Å². The zero-order valence-corrected chi connectivity index (χ0v) is 17.8. The van der Waals surface area contributed by atoms with E-state index in [0.29, 0.717) is 6.54 Å². The molecule has 0 aliphatic carbocycles. The van der Waals surface area contributed by atoms with Crippen LogP contribution in [0.15, 0.2) is 40.2 Å². The fourth-order valence-corrected chi connectivity index (χ4v) is 3.50. The summed E-state index contributed by atoms with van der Waals surface area (Å²) < 4.78 is 4.93. The Balaban J connectivity index is 1.56. The fourth-order valence-electron chi connectivity index (χ4n) is 3.50. The molecule has 1 saturated heterocycles. The Morgan fingerprint density at radius 3 is 2.52 bits per heavy atom. The Kier molecular flexibility index (Phi) is 7.86. The van der Waals surface area contributed by atoms with E-state index in [9.17, 15) is 0 Å². The van der Waals surface area contributed by atoms with Crippen molar-refractivity contribution in [2.75, 3.05) is 50.7 Å². The van der Waals surface area contributed by atoms with Crippen LogP contribution < -0.4 is 10.2 Å². The molecule has 0 saturated carbocycles. The summed E-state index contributed by atoms with van der Waals surface area (Å²) >= 11 is 0. The molecule has 3 rings (SSSR count). The molecular weight excluding hydrogens is 366 g/mol. The average Bonchev–Trinajstić information content (AvgIpc) is 3.27. The highest BCUT2D eigenvalue weighted by molar-refractivity contribution is 5.80. The number of hydrogen-bond acceptors (Lipinski definition) is 6. The second kappa shape index (κ2) is 10.8. The summed E-state index contributed by atoms with van der Waals surface area (Å²) in [5.74, 6) is 2.00. The van der Waals surface area contributed by atoms with Gasteiger partial charge in [0.1, 0.15) is 12.1 Å². The minimum atomic E-state index is 0.632. The van der Waals surface area contributed by atoms with Gasteiger partial charge in [0.25, 0.3) is 0 Å². The Morgan fingerprint density at radius 2 is 1.93 bits per heavy atom. The third kappa shape index (κ3) is 5.93. The average molecular weight is 400 g/mol. The molecule has 8 nitrogen and oxygen atoms in total. The van der Waals surface area contributed by atoms with Crippen LogP contribution in [-0.2, 0) is 13.1 Å². The molecule has 2 aromatic rings. The molecule has 0 amide bonds. The van der Waals surface area contributed by atoms with Gasteiger partial charge in [0.05, 0.1) is 12.2 Å². The predicted octanol–water partition coefficient (Wildman–Crippen LogP) is 2.20. The Hall–Kier alpha value is -2.61. The van der Waals surface area contributed by atoms with Crippen molar-refractivity contribution in [1.82, 2.24) is 25.3 Å². The lowest BCUT2D eigenvalue weighted by Gasteiger charge is -2.36. The molecule has 1 fully saturated rings. The van der Waals surface area contributed by atoms with Crippen molar-refractivity contribution in [1.29, 1.82) is 0 Å². The minimum absolute atomic E-state index is 0.632. The number of aliphatic imine (C=N–C) groups is 1. The largest absolute Gasteiger partial charge is 0.364 e. The SMILES string of the molecule is CCNC(=NCc1ccc(N(CC)CC)nc1)N1CCN(Cc2ccon2)CC1. The van der Waals surface area contributed by atoms with Crippen molar-refractivity contribution in [3.63, 3.8) is 0 Å². The maximum absolute atomic E-state index is 4.93. The second-order valence-electron chi connectivity index (χ2n) is 7.12. The lowest BCUT2D eigenvalue weighted by atomic mass is 10.2. The topological polar surface area (TPSA) is 73.0 Å². The highest BCUT2D eigenvalue weighted by Gasteiger charge is 2.20. The first-order valence-electron chi connectivity index (χ1n) is 10.6. The van der Waals surface area contributed by atoms with Gasteiger partial charge in [0, 0.05) is 64.6 Å². The zero-order valence-electron chi connectivity index (χ0n) is 17.8. The monoisotopic (exact) mass is 399 g/mol. The van der Waals surface area contributed by atoms with Crippen LogP contribution in [0.4, 0.5) is 5.82 Å². The van der Waals surface area contributed by atoms with Crippen LogP contribution in [0.25, 0.3) is 0 Å². The van der Waals surface area contributed by atoms with Crippen molar-refractivity contribution in [3.8, 4) is 0 Å². The van der Waals surface area contributed by atoms with E-state index in [4.69, 9.17) is 9.52 Å². The number of guanidine groups is 1. The van der Waals surface area contributed by atoms with Crippen molar-refractivity contribution >= 4 is 11.8 Å². The van der Waals surface area contributed by atoms with E-state index in [0.717, 1.165) is 75.4 Å². The molecule has 1 aliphatic heterocycles. The Bertz CT molecular complexity index is 733. The van der Waals surface area contributed by atoms with Crippen LogP contribution in [0.2, 0.25) is 0 Å². The maximum Gasteiger partial charge on any atom is 0.194 e. The van der Waals surface area contributed by atoms with Gasteiger partial charge >= 0.3 is 0 Å². The number of piperazine rings is 1. The number of anilines is 1. The Morgan fingerprint density at radius 1 is 1.14 bits per heavy atom. The number of rotatable bonds is 8. The van der Waals surface area contributed by atoms with Gasteiger partial charge in [-0.2, -0.15) is 0 Å². The molecule has 8 heteroatoms. The molecule has 29 heavy (non-hydrogen) atoms. The highest BCUT2D eigenvalue weighted by Crippen LogP contribution is 2.12. The lowest BCUT2D eigenvalue weighted by Crippen LogP contribution is -2.52. The van der Waals surface area contributed by atoms with Crippen LogP contribution in [-0.4, -0.2) is 71.7 Å².